The van der Waals surface area contributed by atoms with Crippen LogP contribution in [0.25, 0.3) is 0 Å². The summed E-state index contributed by atoms with van der Waals surface area (Å²) in [6.07, 6.45) is 1.13. The standard InChI is InChI=1S/C22H19N3O2/c1-17(27-20-11-7-10-19(14-20)15-23)22(26)24-21-12-5-6-13-25(21)16-18-8-3-2-4-9-18/h2-14,17H,16H2,1H3. The molecule has 0 N–H and O–H groups in total. The maximum Gasteiger partial charge on any atom is 0.288 e. The van der Waals surface area contributed by atoms with E-state index in [0.29, 0.717) is 23.3 Å². The number of pyridine rings is 1. The van der Waals surface area contributed by atoms with Crippen LogP contribution in [0, 0.1) is 11.3 Å². The van der Waals surface area contributed by atoms with Crippen molar-refractivity contribution in [2.24, 2.45) is 4.99 Å². The smallest absolute Gasteiger partial charge is 0.288 e. The van der Waals surface area contributed by atoms with Gasteiger partial charge in [-0.1, -0.05) is 42.5 Å². The van der Waals surface area contributed by atoms with Crippen molar-refractivity contribution in [2.75, 3.05) is 0 Å². The Morgan fingerprint density at radius 2 is 1.89 bits per heavy atom. The molecule has 0 aliphatic carbocycles. The van der Waals surface area contributed by atoms with E-state index in [-0.39, 0.29) is 5.91 Å². The molecule has 5 heteroatoms. The average Bonchev–Trinajstić information content (AvgIpc) is 2.70. The summed E-state index contributed by atoms with van der Waals surface area (Å²) in [5.41, 5.74) is 2.16. The van der Waals surface area contributed by atoms with Gasteiger partial charge in [-0.15, -0.1) is 0 Å². The topological polar surface area (TPSA) is 67.4 Å². The lowest BCUT2D eigenvalue weighted by Crippen LogP contribution is -2.28. The van der Waals surface area contributed by atoms with Crippen LogP contribution < -0.4 is 10.2 Å². The number of carbonyl (C=O) groups excluding carboxylic acids is 1. The molecule has 1 unspecified atom stereocenters. The van der Waals surface area contributed by atoms with E-state index in [1.54, 1.807) is 37.3 Å². The van der Waals surface area contributed by atoms with Crippen LogP contribution in [0.4, 0.5) is 0 Å². The summed E-state index contributed by atoms with van der Waals surface area (Å²) in [6.45, 7) is 2.27. The molecular formula is C22H19N3O2. The highest BCUT2D eigenvalue weighted by Crippen LogP contribution is 2.14. The van der Waals surface area contributed by atoms with E-state index < -0.39 is 6.10 Å². The molecule has 0 radical (unpaired) electrons. The Bertz CT molecular complexity index is 1030. The minimum atomic E-state index is -0.760. The van der Waals surface area contributed by atoms with Gasteiger partial charge in [-0.2, -0.15) is 10.3 Å². The van der Waals surface area contributed by atoms with Crippen LogP contribution in [0.5, 0.6) is 5.75 Å². The van der Waals surface area contributed by atoms with Crippen molar-refractivity contribution < 1.29 is 9.53 Å². The average molecular weight is 357 g/mol. The van der Waals surface area contributed by atoms with Crippen molar-refractivity contribution in [3.05, 3.63) is 95.6 Å². The van der Waals surface area contributed by atoms with Crippen molar-refractivity contribution in [3.63, 3.8) is 0 Å². The quantitative estimate of drug-likeness (QED) is 0.704. The largest absolute Gasteiger partial charge is 0.481 e. The molecule has 0 saturated heterocycles. The number of carbonyl (C=O) groups is 1. The zero-order chi connectivity index (χ0) is 19.1. The predicted octanol–water partition coefficient (Wildman–Crippen LogP) is 3.30. The third kappa shape index (κ3) is 4.93. The lowest BCUT2D eigenvalue weighted by atomic mass is 10.2. The first-order chi connectivity index (χ1) is 13.2. The molecule has 0 bridgehead atoms. The molecule has 0 saturated carbocycles. The van der Waals surface area contributed by atoms with E-state index in [9.17, 15) is 4.79 Å². The van der Waals surface area contributed by atoms with Crippen LogP contribution in [0.3, 0.4) is 0 Å². The van der Waals surface area contributed by atoms with Crippen molar-refractivity contribution in [1.29, 1.82) is 5.26 Å². The van der Waals surface area contributed by atoms with Gasteiger partial charge in [0.2, 0.25) is 0 Å². The number of hydrogen-bond donors (Lipinski definition) is 0. The second kappa shape index (κ2) is 8.63. The fourth-order valence-corrected chi connectivity index (χ4v) is 2.58. The van der Waals surface area contributed by atoms with E-state index >= 15 is 0 Å². The summed E-state index contributed by atoms with van der Waals surface area (Å²) < 4.78 is 7.56. The molecule has 0 aliphatic rings. The van der Waals surface area contributed by atoms with Gasteiger partial charge in [0.25, 0.3) is 5.91 Å². The molecule has 1 atom stereocenters. The van der Waals surface area contributed by atoms with Gasteiger partial charge in [0.05, 0.1) is 11.6 Å². The number of nitrogens with zero attached hydrogens (tertiary/aromatic N) is 3. The molecule has 1 heterocycles. The van der Waals surface area contributed by atoms with Gasteiger partial charge < -0.3 is 9.30 Å². The minimum absolute atomic E-state index is 0.384. The summed E-state index contributed by atoms with van der Waals surface area (Å²) in [5.74, 6) is 0.0840. The molecular weight excluding hydrogens is 338 g/mol. The summed E-state index contributed by atoms with van der Waals surface area (Å²) in [6, 6.07) is 24.3. The minimum Gasteiger partial charge on any atom is -0.481 e. The zero-order valence-corrected chi connectivity index (χ0v) is 14.9. The Labute approximate surface area is 157 Å². The first-order valence-corrected chi connectivity index (χ1v) is 8.60. The Balaban J connectivity index is 1.79. The Hall–Kier alpha value is -3.65. The van der Waals surface area contributed by atoms with Gasteiger partial charge in [-0.3, -0.25) is 4.79 Å². The highest BCUT2D eigenvalue weighted by Gasteiger charge is 2.14. The van der Waals surface area contributed by atoms with Gasteiger partial charge in [-0.25, -0.2) is 0 Å². The molecule has 3 aromatic rings. The van der Waals surface area contributed by atoms with E-state index in [1.165, 1.54) is 0 Å². The molecule has 5 nitrogen and oxygen atoms in total. The second-order valence-electron chi connectivity index (χ2n) is 6.02. The fraction of sp³-hybridized carbons (Fsp3) is 0.136. The molecule has 0 spiro atoms. The molecule has 2 aromatic carbocycles. The van der Waals surface area contributed by atoms with Gasteiger partial charge in [-0.05, 0) is 42.8 Å². The molecule has 1 amide bonds. The monoisotopic (exact) mass is 357 g/mol. The fourth-order valence-electron chi connectivity index (χ4n) is 2.58. The first-order valence-electron chi connectivity index (χ1n) is 8.60. The number of nitriles is 1. The predicted molar refractivity (Wildman–Crippen MR) is 102 cm³/mol. The van der Waals surface area contributed by atoms with E-state index in [4.69, 9.17) is 10.00 Å². The van der Waals surface area contributed by atoms with Gasteiger partial charge in [0.1, 0.15) is 11.2 Å². The summed E-state index contributed by atoms with van der Waals surface area (Å²) in [4.78, 5) is 16.7. The highest BCUT2D eigenvalue weighted by molar-refractivity contribution is 5.81. The van der Waals surface area contributed by atoms with E-state index in [2.05, 4.69) is 4.99 Å². The first kappa shape index (κ1) is 18.2. The third-order valence-electron chi connectivity index (χ3n) is 3.96. The Morgan fingerprint density at radius 3 is 2.67 bits per heavy atom. The van der Waals surface area contributed by atoms with Gasteiger partial charge >= 0.3 is 0 Å². The summed E-state index contributed by atoms with van der Waals surface area (Å²) >= 11 is 0. The lowest BCUT2D eigenvalue weighted by Gasteiger charge is -2.12. The molecule has 3 rings (SSSR count). The lowest BCUT2D eigenvalue weighted by molar-refractivity contribution is -0.124. The Kier molecular flexibility index (Phi) is 5.80. The maximum atomic E-state index is 12.5. The summed E-state index contributed by atoms with van der Waals surface area (Å²) in [7, 11) is 0. The van der Waals surface area contributed by atoms with Crippen LogP contribution in [0.15, 0.2) is 84.0 Å². The summed E-state index contributed by atoms with van der Waals surface area (Å²) in [5, 5.41) is 8.96. The SMILES string of the molecule is CC(Oc1cccc(C#N)c1)C(=O)N=c1ccccn1Cc1ccccc1. The van der Waals surface area contributed by atoms with Crippen molar-refractivity contribution >= 4 is 5.91 Å². The molecule has 0 fully saturated rings. The van der Waals surface area contributed by atoms with Crippen LogP contribution in [-0.4, -0.2) is 16.6 Å². The maximum absolute atomic E-state index is 12.5. The molecule has 1 aromatic heterocycles. The van der Waals surface area contributed by atoms with Crippen molar-refractivity contribution in [2.45, 2.75) is 19.6 Å². The molecule has 0 aliphatic heterocycles. The number of benzene rings is 2. The number of ether oxygens (including phenoxy) is 1. The Morgan fingerprint density at radius 1 is 1.11 bits per heavy atom. The molecule has 134 valence electrons. The zero-order valence-electron chi connectivity index (χ0n) is 14.9. The van der Waals surface area contributed by atoms with E-state index in [1.807, 2.05) is 59.3 Å². The second-order valence-corrected chi connectivity index (χ2v) is 6.02. The number of rotatable bonds is 5. The number of aromatic nitrogens is 1. The normalized spacial score (nSPS) is 12.2. The van der Waals surface area contributed by atoms with Crippen molar-refractivity contribution in [1.82, 2.24) is 4.57 Å². The van der Waals surface area contributed by atoms with Crippen LogP contribution in [-0.2, 0) is 11.3 Å². The van der Waals surface area contributed by atoms with Crippen LogP contribution in [0.2, 0.25) is 0 Å². The number of hydrogen-bond acceptors (Lipinski definition) is 3. The molecule has 27 heavy (non-hydrogen) atoms. The van der Waals surface area contributed by atoms with Gasteiger partial charge in [0.15, 0.2) is 6.10 Å². The van der Waals surface area contributed by atoms with Crippen LogP contribution in [0.1, 0.15) is 18.1 Å². The highest BCUT2D eigenvalue weighted by atomic mass is 16.5. The number of amides is 1. The van der Waals surface area contributed by atoms with Gasteiger partial charge in [0, 0.05) is 12.7 Å². The van der Waals surface area contributed by atoms with Crippen LogP contribution >= 0.6 is 0 Å². The van der Waals surface area contributed by atoms with Crippen molar-refractivity contribution in [3.8, 4) is 11.8 Å². The van der Waals surface area contributed by atoms with E-state index in [0.717, 1.165) is 5.56 Å². The third-order valence-corrected chi connectivity index (χ3v) is 3.96.